The summed E-state index contributed by atoms with van der Waals surface area (Å²) in [5.74, 6) is 0.685. The first-order chi connectivity index (χ1) is 13.8. The Kier molecular flexibility index (Phi) is 7.48. The number of hydrogen-bond donors (Lipinski definition) is 1. The number of nitrogens with zero attached hydrogens (tertiary/aromatic N) is 1. The Hall–Kier alpha value is -1.28. The molecule has 3 rings (SSSR count). The molecule has 29 heavy (non-hydrogen) atoms. The zero-order valence-corrected chi connectivity index (χ0v) is 18.3. The predicted octanol–water partition coefficient (Wildman–Crippen LogP) is 3.15. The molecule has 1 N–H and O–H groups in total. The van der Waals surface area contributed by atoms with Gasteiger partial charge in [-0.2, -0.15) is 0 Å². The van der Waals surface area contributed by atoms with Crippen LogP contribution in [0.3, 0.4) is 0 Å². The summed E-state index contributed by atoms with van der Waals surface area (Å²) in [6.45, 7) is 10.8. The van der Waals surface area contributed by atoms with Crippen LogP contribution >= 0.6 is 0 Å². The molecular weight excluding hydrogens is 372 g/mol. The van der Waals surface area contributed by atoms with Crippen LogP contribution in [0.4, 0.5) is 0 Å². The van der Waals surface area contributed by atoms with Gasteiger partial charge in [0.05, 0.1) is 24.3 Å². The molecule has 7 heteroatoms. The van der Waals surface area contributed by atoms with Crippen molar-refractivity contribution in [3.63, 3.8) is 0 Å². The predicted molar refractivity (Wildman–Crippen MR) is 109 cm³/mol. The summed E-state index contributed by atoms with van der Waals surface area (Å²) >= 11 is 0. The maximum atomic E-state index is 12.9. The van der Waals surface area contributed by atoms with Crippen molar-refractivity contribution in [2.75, 3.05) is 26.4 Å². The highest BCUT2D eigenvalue weighted by atomic mass is 16.7. The van der Waals surface area contributed by atoms with Crippen LogP contribution in [0.2, 0.25) is 0 Å². The Bertz CT molecular complexity index is 658. The van der Waals surface area contributed by atoms with E-state index in [2.05, 4.69) is 24.3 Å². The summed E-state index contributed by atoms with van der Waals surface area (Å²) in [6, 6.07) is 2.19. The van der Waals surface area contributed by atoms with Gasteiger partial charge >= 0.3 is 0 Å². The van der Waals surface area contributed by atoms with Crippen LogP contribution in [0.1, 0.15) is 71.3 Å². The molecule has 0 aliphatic carbocycles. The number of aromatic nitrogens is 1. The van der Waals surface area contributed by atoms with Crippen molar-refractivity contribution < 1.29 is 23.5 Å². The number of rotatable bonds is 9. The number of carbonyl (C=O) groups is 1. The molecule has 0 amide bonds. The number of nitrogens with one attached hydrogen (secondary N) is 1. The van der Waals surface area contributed by atoms with Crippen LogP contribution in [-0.2, 0) is 30.8 Å². The van der Waals surface area contributed by atoms with Crippen molar-refractivity contribution in [1.29, 1.82) is 0 Å². The molecule has 0 radical (unpaired) electrons. The molecule has 7 nitrogen and oxygen atoms in total. The Morgan fingerprint density at radius 3 is 2.62 bits per heavy atom. The number of hydrogen-bond acceptors (Lipinski definition) is 7. The topological polar surface area (TPSA) is 82.8 Å². The minimum Gasteiger partial charge on any atom is -0.381 e. The van der Waals surface area contributed by atoms with Gasteiger partial charge < -0.3 is 24.1 Å². The van der Waals surface area contributed by atoms with Crippen LogP contribution in [0.15, 0.2) is 10.6 Å². The van der Waals surface area contributed by atoms with Gasteiger partial charge in [0.1, 0.15) is 5.76 Å². The summed E-state index contributed by atoms with van der Waals surface area (Å²) < 4.78 is 22.5. The monoisotopic (exact) mass is 408 g/mol. The molecule has 3 heterocycles. The lowest BCUT2D eigenvalue weighted by atomic mass is 9.89. The quantitative estimate of drug-likeness (QED) is 0.672. The fourth-order valence-corrected chi connectivity index (χ4v) is 3.75. The van der Waals surface area contributed by atoms with Gasteiger partial charge in [-0.25, -0.2) is 0 Å². The second-order valence-corrected chi connectivity index (χ2v) is 9.43. The third kappa shape index (κ3) is 6.35. The standard InChI is InChI=1S/C22H36N2O5/c1-21(2,15-28-20-7-5-6-10-27-20)18-13-17(29-24-18)14-19(25)22(3,4)23-16-8-11-26-12-9-16/h13,16,20,23H,5-12,14-15H2,1-4H3. The van der Waals surface area contributed by atoms with E-state index in [9.17, 15) is 4.79 Å². The average Bonchev–Trinajstić information content (AvgIpc) is 3.17. The van der Waals surface area contributed by atoms with E-state index in [1.165, 1.54) is 0 Å². The first-order valence-electron chi connectivity index (χ1n) is 10.8. The Morgan fingerprint density at radius 1 is 1.17 bits per heavy atom. The molecule has 0 bridgehead atoms. The van der Waals surface area contributed by atoms with Gasteiger partial charge in [-0.3, -0.25) is 4.79 Å². The fourth-order valence-electron chi connectivity index (χ4n) is 3.75. The molecule has 1 unspecified atom stereocenters. The van der Waals surface area contributed by atoms with E-state index in [1.807, 2.05) is 19.9 Å². The zero-order chi connectivity index (χ0) is 20.9. The molecule has 2 fully saturated rings. The van der Waals surface area contributed by atoms with Crippen molar-refractivity contribution >= 4 is 5.78 Å². The molecule has 1 aromatic heterocycles. The van der Waals surface area contributed by atoms with Gasteiger partial charge in [0.15, 0.2) is 12.1 Å². The van der Waals surface area contributed by atoms with Gasteiger partial charge in [-0.05, 0) is 46.0 Å². The highest BCUT2D eigenvalue weighted by Crippen LogP contribution is 2.26. The molecule has 164 valence electrons. The Balaban J connectivity index is 1.53. The van der Waals surface area contributed by atoms with Crippen LogP contribution in [-0.4, -0.2) is 55.2 Å². The lowest BCUT2D eigenvalue weighted by Crippen LogP contribution is -2.53. The van der Waals surface area contributed by atoms with Gasteiger partial charge in [0, 0.05) is 37.3 Å². The van der Waals surface area contributed by atoms with Gasteiger partial charge in [-0.15, -0.1) is 0 Å². The van der Waals surface area contributed by atoms with E-state index in [4.69, 9.17) is 18.7 Å². The number of ketones is 1. The van der Waals surface area contributed by atoms with Crippen LogP contribution in [0, 0.1) is 0 Å². The summed E-state index contributed by atoms with van der Waals surface area (Å²) in [4.78, 5) is 12.9. The van der Waals surface area contributed by atoms with Crippen molar-refractivity contribution in [3.8, 4) is 0 Å². The maximum absolute atomic E-state index is 12.9. The van der Waals surface area contributed by atoms with Crippen LogP contribution < -0.4 is 5.32 Å². The number of Topliss-reactive ketones (excluding diaryl/α,β-unsaturated/α-hetero) is 1. The SMILES string of the molecule is CC(C)(NC1CCOCC1)C(=O)Cc1cc(C(C)(C)COC2CCCCO2)no1. The van der Waals surface area contributed by atoms with E-state index in [1.54, 1.807) is 0 Å². The minimum absolute atomic E-state index is 0.0938. The van der Waals surface area contributed by atoms with Gasteiger partial charge in [-0.1, -0.05) is 19.0 Å². The third-order valence-electron chi connectivity index (χ3n) is 5.84. The summed E-state index contributed by atoms with van der Waals surface area (Å²) in [5.41, 5.74) is -0.140. The minimum atomic E-state index is -0.619. The van der Waals surface area contributed by atoms with Crippen LogP contribution in [0.5, 0.6) is 0 Å². The van der Waals surface area contributed by atoms with E-state index < -0.39 is 5.54 Å². The molecular formula is C22H36N2O5. The maximum Gasteiger partial charge on any atom is 0.159 e. The van der Waals surface area contributed by atoms with E-state index in [0.717, 1.165) is 57.6 Å². The summed E-state index contributed by atoms with van der Waals surface area (Å²) in [5, 5.41) is 7.70. The molecule has 2 aliphatic heterocycles. The highest BCUT2D eigenvalue weighted by Gasteiger charge is 2.33. The molecule has 1 aromatic rings. The molecule has 2 aliphatic rings. The summed E-state index contributed by atoms with van der Waals surface area (Å²) in [6.07, 6.45) is 5.13. The molecule has 0 aromatic carbocycles. The lowest BCUT2D eigenvalue weighted by Gasteiger charge is -2.32. The first kappa shape index (κ1) is 22.4. The van der Waals surface area contributed by atoms with E-state index >= 15 is 0 Å². The largest absolute Gasteiger partial charge is 0.381 e. The second-order valence-electron chi connectivity index (χ2n) is 9.43. The van der Waals surface area contributed by atoms with Crippen molar-refractivity contribution in [3.05, 3.63) is 17.5 Å². The van der Waals surface area contributed by atoms with Crippen molar-refractivity contribution in [2.24, 2.45) is 0 Å². The molecule has 0 spiro atoms. The van der Waals surface area contributed by atoms with E-state index in [-0.39, 0.29) is 23.9 Å². The molecule has 2 saturated heterocycles. The van der Waals surface area contributed by atoms with Crippen molar-refractivity contribution in [2.45, 2.75) is 89.5 Å². The first-order valence-corrected chi connectivity index (χ1v) is 10.8. The highest BCUT2D eigenvalue weighted by molar-refractivity contribution is 5.89. The Morgan fingerprint density at radius 2 is 1.93 bits per heavy atom. The number of carbonyl (C=O) groups excluding carboxylic acids is 1. The summed E-state index contributed by atoms with van der Waals surface area (Å²) in [7, 11) is 0. The third-order valence-corrected chi connectivity index (χ3v) is 5.84. The fraction of sp³-hybridized carbons (Fsp3) is 0.818. The lowest BCUT2D eigenvalue weighted by molar-refractivity contribution is -0.170. The molecule has 0 saturated carbocycles. The average molecular weight is 409 g/mol. The zero-order valence-electron chi connectivity index (χ0n) is 18.3. The van der Waals surface area contributed by atoms with E-state index in [0.29, 0.717) is 18.4 Å². The van der Waals surface area contributed by atoms with Crippen LogP contribution in [0.25, 0.3) is 0 Å². The van der Waals surface area contributed by atoms with Gasteiger partial charge in [0.25, 0.3) is 0 Å². The van der Waals surface area contributed by atoms with Gasteiger partial charge in [0.2, 0.25) is 0 Å². The smallest absolute Gasteiger partial charge is 0.159 e. The van der Waals surface area contributed by atoms with Crippen molar-refractivity contribution in [1.82, 2.24) is 10.5 Å². The Labute approximate surface area is 173 Å². The second kappa shape index (κ2) is 9.69. The normalized spacial score (nSPS) is 22.0. The number of ether oxygens (including phenoxy) is 3. The molecule has 1 atom stereocenters.